The standard InChI is InChI=1S/C9H10N2.2C2H6/c1-7-4-3-5-9-8(7)6-11(2)10-9;2*1-2/h3-6H,1-2H3;2*1-2H3. The lowest BCUT2D eigenvalue weighted by Crippen LogP contribution is -1.84. The van der Waals surface area contributed by atoms with E-state index >= 15 is 0 Å². The van der Waals surface area contributed by atoms with Gasteiger partial charge in [0, 0.05) is 18.6 Å². The van der Waals surface area contributed by atoms with Crippen molar-refractivity contribution in [2.75, 3.05) is 0 Å². The van der Waals surface area contributed by atoms with Crippen molar-refractivity contribution in [1.82, 2.24) is 9.78 Å². The minimum atomic E-state index is 1.08. The second kappa shape index (κ2) is 7.04. The highest BCUT2D eigenvalue weighted by atomic mass is 15.2. The summed E-state index contributed by atoms with van der Waals surface area (Å²) >= 11 is 0. The Kier molecular flexibility index (Phi) is 6.43. The smallest absolute Gasteiger partial charge is 0.0925 e. The van der Waals surface area contributed by atoms with Crippen LogP contribution < -0.4 is 0 Å². The molecule has 0 atom stereocenters. The molecule has 0 aliphatic rings. The van der Waals surface area contributed by atoms with Gasteiger partial charge < -0.3 is 0 Å². The summed E-state index contributed by atoms with van der Waals surface area (Å²) in [7, 11) is 1.94. The Bertz CT molecular complexity index is 388. The number of fused-ring (bicyclic) bond motifs is 1. The second-order valence-corrected chi connectivity index (χ2v) is 2.81. The molecular weight excluding hydrogens is 184 g/mol. The van der Waals surface area contributed by atoms with Crippen LogP contribution in [0.1, 0.15) is 33.3 Å². The summed E-state index contributed by atoms with van der Waals surface area (Å²) in [5.74, 6) is 0. The van der Waals surface area contributed by atoms with E-state index in [9.17, 15) is 0 Å². The van der Waals surface area contributed by atoms with Crippen LogP contribution >= 0.6 is 0 Å². The molecule has 0 radical (unpaired) electrons. The van der Waals surface area contributed by atoms with Crippen LogP contribution in [0.2, 0.25) is 0 Å². The van der Waals surface area contributed by atoms with Crippen molar-refractivity contribution in [3.63, 3.8) is 0 Å². The van der Waals surface area contributed by atoms with E-state index in [1.54, 1.807) is 0 Å². The van der Waals surface area contributed by atoms with Gasteiger partial charge in [-0.1, -0.05) is 39.8 Å². The van der Waals surface area contributed by atoms with E-state index in [4.69, 9.17) is 0 Å². The predicted molar refractivity (Wildman–Crippen MR) is 68.1 cm³/mol. The lowest BCUT2D eigenvalue weighted by molar-refractivity contribution is 0.779. The third kappa shape index (κ3) is 3.39. The summed E-state index contributed by atoms with van der Waals surface area (Å²) in [5, 5.41) is 5.54. The summed E-state index contributed by atoms with van der Waals surface area (Å²) in [5.41, 5.74) is 2.36. The molecule has 1 heterocycles. The highest BCUT2D eigenvalue weighted by molar-refractivity contribution is 5.81. The molecule has 0 bridgehead atoms. The van der Waals surface area contributed by atoms with Crippen LogP contribution in [0, 0.1) is 6.92 Å². The molecule has 0 unspecified atom stereocenters. The van der Waals surface area contributed by atoms with Gasteiger partial charge in [0.25, 0.3) is 0 Å². The van der Waals surface area contributed by atoms with Gasteiger partial charge in [0.05, 0.1) is 5.52 Å². The van der Waals surface area contributed by atoms with Gasteiger partial charge in [0.2, 0.25) is 0 Å². The topological polar surface area (TPSA) is 17.8 Å². The van der Waals surface area contributed by atoms with Crippen LogP contribution in [0.15, 0.2) is 24.4 Å². The van der Waals surface area contributed by atoms with E-state index in [-0.39, 0.29) is 0 Å². The highest BCUT2D eigenvalue weighted by Crippen LogP contribution is 2.15. The minimum Gasteiger partial charge on any atom is -0.275 e. The Labute approximate surface area is 92.9 Å². The largest absolute Gasteiger partial charge is 0.275 e. The fourth-order valence-corrected chi connectivity index (χ4v) is 1.31. The monoisotopic (exact) mass is 206 g/mol. The first-order chi connectivity index (χ1) is 7.27. The van der Waals surface area contributed by atoms with E-state index in [1.807, 2.05) is 57.8 Å². The van der Waals surface area contributed by atoms with Gasteiger partial charge in [-0.3, -0.25) is 4.68 Å². The molecule has 2 nitrogen and oxygen atoms in total. The first-order valence-corrected chi connectivity index (χ1v) is 5.66. The Morgan fingerprint density at radius 3 is 2.20 bits per heavy atom. The molecule has 0 N–H and O–H groups in total. The molecule has 0 saturated heterocycles. The van der Waals surface area contributed by atoms with Crippen molar-refractivity contribution in [2.24, 2.45) is 7.05 Å². The van der Waals surface area contributed by atoms with Crippen LogP contribution in [0.3, 0.4) is 0 Å². The van der Waals surface area contributed by atoms with Crippen molar-refractivity contribution in [1.29, 1.82) is 0 Å². The Balaban J connectivity index is 0.000000442. The first-order valence-electron chi connectivity index (χ1n) is 5.66. The fourth-order valence-electron chi connectivity index (χ4n) is 1.31. The molecule has 1 aromatic carbocycles. The van der Waals surface area contributed by atoms with Crippen LogP contribution in [-0.2, 0) is 7.05 Å². The summed E-state index contributed by atoms with van der Waals surface area (Å²) in [6.45, 7) is 10.1. The Hall–Kier alpha value is -1.31. The number of nitrogens with zero attached hydrogens (tertiary/aromatic N) is 2. The van der Waals surface area contributed by atoms with Crippen molar-refractivity contribution in [3.8, 4) is 0 Å². The first kappa shape index (κ1) is 13.7. The van der Waals surface area contributed by atoms with Gasteiger partial charge in [-0.25, -0.2) is 0 Å². The maximum atomic E-state index is 4.29. The number of hydrogen-bond donors (Lipinski definition) is 0. The van der Waals surface area contributed by atoms with Gasteiger partial charge in [-0.15, -0.1) is 0 Å². The lowest BCUT2D eigenvalue weighted by atomic mass is 10.1. The molecule has 0 aliphatic heterocycles. The number of rotatable bonds is 0. The molecule has 0 spiro atoms. The number of aryl methyl sites for hydroxylation is 2. The quantitative estimate of drug-likeness (QED) is 0.638. The molecule has 0 saturated carbocycles. The van der Waals surface area contributed by atoms with Gasteiger partial charge in [0.15, 0.2) is 0 Å². The third-order valence-corrected chi connectivity index (χ3v) is 1.88. The number of aromatic nitrogens is 2. The van der Waals surface area contributed by atoms with E-state index < -0.39 is 0 Å². The fraction of sp³-hybridized carbons (Fsp3) is 0.462. The number of benzene rings is 1. The molecule has 15 heavy (non-hydrogen) atoms. The SMILES string of the molecule is CC.CC.Cc1cccc2nn(C)cc12. The van der Waals surface area contributed by atoms with Gasteiger partial charge in [-0.05, 0) is 18.6 Å². The summed E-state index contributed by atoms with van der Waals surface area (Å²) in [4.78, 5) is 0. The third-order valence-electron chi connectivity index (χ3n) is 1.88. The molecule has 84 valence electrons. The van der Waals surface area contributed by atoms with E-state index in [0.717, 1.165) is 5.52 Å². The summed E-state index contributed by atoms with van der Waals surface area (Å²) < 4.78 is 1.84. The lowest BCUT2D eigenvalue weighted by Gasteiger charge is -1.90. The Morgan fingerprint density at radius 2 is 1.67 bits per heavy atom. The zero-order valence-electron chi connectivity index (χ0n) is 10.7. The van der Waals surface area contributed by atoms with Gasteiger partial charge >= 0.3 is 0 Å². The normalized spacial score (nSPS) is 8.67. The van der Waals surface area contributed by atoms with E-state index in [0.29, 0.717) is 0 Å². The van der Waals surface area contributed by atoms with Crippen LogP contribution in [0.5, 0.6) is 0 Å². The van der Waals surface area contributed by atoms with Crippen LogP contribution in [0.25, 0.3) is 10.9 Å². The molecule has 2 heteroatoms. The zero-order chi connectivity index (χ0) is 11.8. The molecule has 0 aliphatic carbocycles. The maximum Gasteiger partial charge on any atom is 0.0925 e. The van der Waals surface area contributed by atoms with Gasteiger partial charge in [-0.2, -0.15) is 5.10 Å². The molecule has 2 aromatic rings. The average molecular weight is 206 g/mol. The summed E-state index contributed by atoms with van der Waals surface area (Å²) in [6, 6.07) is 6.16. The van der Waals surface area contributed by atoms with E-state index in [2.05, 4.69) is 18.1 Å². The molecule has 2 rings (SSSR count). The maximum absolute atomic E-state index is 4.29. The van der Waals surface area contributed by atoms with Crippen molar-refractivity contribution >= 4 is 10.9 Å². The van der Waals surface area contributed by atoms with Crippen molar-refractivity contribution in [3.05, 3.63) is 30.0 Å². The van der Waals surface area contributed by atoms with Crippen molar-refractivity contribution in [2.45, 2.75) is 34.6 Å². The van der Waals surface area contributed by atoms with Crippen molar-refractivity contribution < 1.29 is 0 Å². The minimum absolute atomic E-state index is 1.08. The summed E-state index contributed by atoms with van der Waals surface area (Å²) in [6.07, 6.45) is 2.05. The van der Waals surface area contributed by atoms with E-state index in [1.165, 1.54) is 10.9 Å². The molecule has 0 amide bonds. The molecule has 0 fully saturated rings. The highest BCUT2D eigenvalue weighted by Gasteiger charge is 1.98. The predicted octanol–water partition coefficient (Wildman–Crippen LogP) is 3.93. The number of hydrogen-bond acceptors (Lipinski definition) is 1. The zero-order valence-corrected chi connectivity index (χ0v) is 10.7. The second-order valence-electron chi connectivity index (χ2n) is 2.81. The van der Waals surface area contributed by atoms with Crippen LogP contribution in [-0.4, -0.2) is 9.78 Å². The average Bonchev–Trinajstić information content (AvgIpc) is 2.66. The molecule has 1 aromatic heterocycles. The van der Waals surface area contributed by atoms with Gasteiger partial charge in [0.1, 0.15) is 0 Å². The van der Waals surface area contributed by atoms with Crippen LogP contribution in [0.4, 0.5) is 0 Å². The Morgan fingerprint density at radius 1 is 1.07 bits per heavy atom. The molecular formula is C13H22N2.